The van der Waals surface area contributed by atoms with Gasteiger partial charge in [0.1, 0.15) is 5.60 Å². The van der Waals surface area contributed by atoms with Crippen LogP contribution >= 0.6 is 0 Å². The van der Waals surface area contributed by atoms with E-state index in [1.807, 2.05) is 39.8 Å². The molecule has 1 aromatic carbocycles. The van der Waals surface area contributed by atoms with Crippen molar-refractivity contribution in [1.82, 2.24) is 5.32 Å². The molecule has 0 saturated carbocycles. The van der Waals surface area contributed by atoms with Crippen molar-refractivity contribution in [3.8, 4) is 0 Å². The summed E-state index contributed by atoms with van der Waals surface area (Å²) in [5.41, 5.74) is 1.14. The zero-order valence-electron chi connectivity index (χ0n) is 13.8. The van der Waals surface area contributed by atoms with Crippen molar-refractivity contribution < 1.29 is 19.4 Å². The van der Waals surface area contributed by atoms with Gasteiger partial charge in [-0.15, -0.1) is 0 Å². The highest BCUT2D eigenvalue weighted by Gasteiger charge is 2.28. The molecule has 1 aromatic rings. The van der Waals surface area contributed by atoms with Gasteiger partial charge in [0.2, 0.25) is 0 Å². The third-order valence-corrected chi connectivity index (χ3v) is 3.28. The minimum atomic E-state index is -0.861. The van der Waals surface area contributed by atoms with Gasteiger partial charge in [-0.2, -0.15) is 0 Å². The van der Waals surface area contributed by atoms with Crippen LogP contribution in [0, 0.1) is 5.92 Å². The first-order valence-electron chi connectivity index (χ1n) is 7.35. The molecule has 0 saturated heterocycles. The SMILES string of the molecule is CNC(c1ccc(CC(=O)O)cc1)C(C)C(=O)OC(C)(C)C. The second kappa shape index (κ2) is 7.40. The summed E-state index contributed by atoms with van der Waals surface area (Å²) in [5.74, 6) is -1.48. The molecule has 0 aliphatic rings. The molecule has 122 valence electrons. The highest BCUT2D eigenvalue weighted by atomic mass is 16.6. The summed E-state index contributed by atoms with van der Waals surface area (Å²) in [6.45, 7) is 7.34. The number of carboxylic acid groups (broad SMARTS) is 1. The second-order valence-electron chi connectivity index (χ2n) is 6.40. The van der Waals surface area contributed by atoms with E-state index in [4.69, 9.17) is 9.84 Å². The molecule has 0 aromatic heterocycles. The Hall–Kier alpha value is -1.88. The van der Waals surface area contributed by atoms with Gasteiger partial charge in [0.25, 0.3) is 0 Å². The summed E-state index contributed by atoms with van der Waals surface area (Å²) < 4.78 is 5.42. The van der Waals surface area contributed by atoms with E-state index in [0.717, 1.165) is 11.1 Å². The van der Waals surface area contributed by atoms with E-state index in [-0.39, 0.29) is 24.3 Å². The summed E-state index contributed by atoms with van der Waals surface area (Å²) in [5, 5.41) is 11.9. The Labute approximate surface area is 131 Å². The fourth-order valence-electron chi connectivity index (χ4n) is 2.25. The van der Waals surface area contributed by atoms with Gasteiger partial charge in [-0.05, 0) is 38.9 Å². The molecule has 0 fully saturated rings. The number of aliphatic carboxylic acids is 1. The fraction of sp³-hybridized carbons (Fsp3) is 0.529. The first kappa shape index (κ1) is 18.2. The summed E-state index contributed by atoms with van der Waals surface area (Å²) in [7, 11) is 1.79. The first-order valence-corrected chi connectivity index (χ1v) is 7.35. The third-order valence-electron chi connectivity index (χ3n) is 3.28. The number of esters is 1. The summed E-state index contributed by atoms with van der Waals surface area (Å²) in [6, 6.07) is 7.06. The molecule has 1 rings (SSSR count). The van der Waals surface area contributed by atoms with Crippen molar-refractivity contribution >= 4 is 11.9 Å². The van der Waals surface area contributed by atoms with Gasteiger partial charge in [-0.3, -0.25) is 9.59 Å². The summed E-state index contributed by atoms with van der Waals surface area (Å²) in [4.78, 5) is 22.9. The number of hydrogen-bond donors (Lipinski definition) is 2. The lowest BCUT2D eigenvalue weighted by Crippen LogP contribution is -2.34. The van der Waals surface area contributed by atoms with Crippen molar-refractivity contribution in [2.24, 2.45) is 5.92 Å². The summed E-state index contributed by atoms with van der Waals surface area (Å²) >= 11 is 0. The Kier molecular flexibility index (Phi) is 6.11. The summed E-state index contributed by atoms with van der Waals surface area (Å²) in [6.07, 6.45) is -0.00782. The topological polar surface area (TPSA) is 75.6 Å². The van der Waals surface area contributed by atoms with Crippen LogP contribution in [-0.4, -0.2) is 29.7 Å². The van der Waals surface area contributed by atoms with Crippen LogP contribution in [0.5, 0.6) is 0 Å². The lowest BCUT2D eigenvalue weighted by molar-refractivity contribution is -0.160. The van der Waals surface area contributed by atoms with Gasteiger partial charge in [-0.1, -0.05) is 31.2 Å². The average molecular weight is 307 g/mol. The quantitative estimate of drug-likeness (QED) is 0.790. The number of carboxylic acids is 1. The number of nitrogens with one attached hydrogen (secondary N) is 1. The average Bonchev–Trinajstić information content (AvgIpc) is 2.38. The van der Waals surface area contributed by atoms with E-state index in [2.05, 4.69) is 5.32 Å². The molecule has 5 nitrogen and oxygen atoms in total. The molecule has 0 heterocycles. The Balaban J connectivity index is 2.86. The molecule has 0 radical (unpaired) electrons. The third kappa shape index (κ3) is 5.48. The Morgan fingerprint density at radius 1 is 1.23 bits per heavy atom. The van der Waals surface area contributed by atoms with E-state index in [0.29, 0.717) is 0 Å². The molecule has 0 spiro atoms. The first-order chi connectivity index (χ1) is 10.1. The molecule has 0 aliphatic heterocycles. The number of rotatable bonds is 6. The van der Waals surface area contributed by atoms with E-state index < -0.39 is 11.6 Å². The maximum Gasteiger partial charge on any atom is 0.311 e. The molecule has 22 heavy (non-hydrogen) atoms. The largest absolute Gasteiger partial charge is 0.481 e. The van der Waals surface area contributed by atoms with Gasteiger partial charge < -0.3 is 15.2 Å². The molecular weight excluding hydrogens is 282 g/mol. The Bertz CT molecular complexity index is 516. The van der Waals surface area contributed by atoms with Crippen LogP contribution in [0.2, 0.25) is 0 Å². The number of carbonyl (C=O) groups is 2. The van der Waals surface area contributed by atoms with Gasteiger partial charge in [0.15, 0.2) is 0 Å². The van der Waals surface area contributed by atoms with Gasteiger partial charge in [-0.25, -0.2) is 0 Å². The monoisotopic (exact) mass is 307 g/mol. The minimum absolute atomic E-state index is 0.00782. The van der Waals surface area contributed by atoms with Crippen molar-refractivity contribution in [3.63, 3.8) is 0 Å². The van der Waals surface area contributed by atoms with Gasteiger partial charge in [0.05, 0.1) is 12.3 Å². The van der Waals surface area contributed by atoms with Crippen molar-refractivity contribution in [3.05, 3.63) is 35.4 Å². The van der Waals surface area contributed by atoms with Crippen LogP contribution < -0.4 is 5.32 Å². The van der Waals surface area contributed by atoms with E-state index in [1.165, 1.54) is 0 Å². The smallest absolute Gasteiger partial charge is 0.311 e. The molecule has 2 unspecified atom stereocenters. The molecule has 2 atom stereocenters. The second-order valence-corrected chi connectivity index (χ2v) is 6.40. The number of hydrogen-bond acceptors (Lipinski definition) is 4. The van der Waals surface area contributed by atoms with Crippen LogP contribution in [0.25, 0.3) is 0 Å². The van der Waals surface area contributed by atoms with Crippen LogP contribution in [0.15, 0.2) is 24.3 Å². The highest BCUT2D eigenvalue weighted by Crippen LogP contribution is 2.25. The van der Waals surface area contributed by atoms with Crippen LogP contribution in [0.1, 0.15) is 44.9 Å². The molecular formula is C17H25NO4. The normalized spacial score (nSPS) is 14.2. The molecule has 0 bridgehead atoms. The van der Waals surface area contributed by atoms with E-state index in [9.17, 15) is 9.59 Å². The van der Waals surface area contributed by atoms with Crippen molar-refractivity contribution in [1.29, 1.82) is 0 Å². The van der Waals surface area contributed by atoms with E-state index >= 15 is 0 Å². The lowest BCUT2D eigenvalue weighted by Gasteiger charge is -2.27. The maximum atomic E-state index is 12.2. The van der Waals surface area contributed by atoms with Crippen molar-refractivity contribution in [2.75, 3.05) is 7.05 Å². The number of carbonyl (C=O) groups excluding carboxylic acids is 1. The zero-order valence-corrected chi connectivity index (χ0v) is 13.8. The molecule has 0 amide bonds. The van der Waals surface area contributed by atoms with Crippen LogP contribution in [0.4, 0.5) is 0 Å². The lowest BCUT2D eigenvalue weighted by atomic mass is 9.93. The van der Waals surface area contributed by atoms with Gasteiger partial charge in [0, 0.05) is 6.04 Å². The van der Waals surface area contributed by atoms with Crippen LogP contribution in [0.3, 0.4) is 0 Å². The van der Waals surface area contributed by atoms with Crippen molar-refractivity contribution in [2.45, 2.75) is 45.8 Å². The van der Waals surface area contributed by atoms with Gasteiger partial charge >= 0.3 is 11.9 Å². The minimum Gasteiger partial charge on any atom is -0.481 e. The Morgan fingerprint density at radius 2 is 1.77 bits per heavy atom. The molecule has 2 N–H and O–H groups in total. The standard InChI is InChI=1S/C17H25NO4/c1-11(16(21)22-17(2,3)4)15(18-5)13-8-6-12(7-9-13)10-14(19)20/h6-9,11,15,18H,10H2,1-5H3,(H,19,20). The predicted octanol–water partition coefficient (Wildman–Crippen LogP) is 2.55. The fourth-order valence-corrected chi connectivity index (χ4v) is 2.25. The zero-order chi connectivity index (χ0) is 16.9. The molecule has 0 aliphatic carbocycles. The number of benzene rings is 1. The molecule has 5 heteroatoms. The maximum absolute atomic E-state index is 12.2. The number of ether oxygens (including phenoxy) is 1. The Morgan fingerprint density at radius 3 is 2.18 bits per heavy atom. The predicted molar refractivity (Wildman–Crippen MR) is 84.6 cm³/mol. The highest BCUT2D eigenvalue weighted by molar-refractivity contribution is 5.73. The van der Waals surface area contributed by atoms with Crippen LogP contribution in [-0.2, 0) is 20.7 Å². The van der Waals surface area contributed by atoms with E-state index in [1.54, 1.807) is 19.2 Å².